The zero-order chi connectivity index (χ0) is 30.6. The predicted octanol–water partition coefficient (Wildman–Crippen LogP) is 12.6. The lowest BCUT2D eigenvalue weighted by Crippen LogP contribution is -2.09. The molecule has 9 rings (SSSR count). The van der Waals surface area contributed by atoms with Crippen LogP contribution in [0.5, 0.6) is 0 Å². The molecular weight excluding hydrogens is 562 g/mol. The third-order valence-electron chi connectivity index (χ3n) is 8.97. The van der Waals surface area contributed by atoms with Crippen LogP contribution in [0, 0.1) is 6.92 Å². The summed E-state index contributed by atoms with van der Waals surface area (Å²) in [5, 5.41) is 4.55. The molecular formula is C43H29NO2. The number of hydrogen-bond acceptors (Lipinski definition) is 3. The van der Waals surface area contributed by atoms with E-state index in [4.69, 9.17) is 8.83 Å². The van der Waals surface area contributed by atoms with Gasteiger partial charge in [0.05, 0.1) is 0 Å². The van der Waals surface area contributed by atoms with Gasteiger partial charge >= 0.3 is 0 Å². The molecule has 218 valence electrons. The number of furan rings is 2. The van der Waals surface area contributed by atoms with Crippen molar-refractivity contribution in [3.05, 3.63) is 163 Å². The van der Waals surface area contributed by atoms with Gasteiger partial charge in [-0.15, -0.1) is 0 Å². The van der Waals surface area contributed by atoms with Crippen LogP contribution in [0.2, 0.25) is 0 Å². The first kappa shape index (κ1) is 26.4. The highest BCUT2D eigenvalue weighted by Crippen LogP contribution is 2.41. The Bertz CT molecular complexity index is 2360. The van der Waals surface area contributed by atoms with E-state index in [1.165, 1.54) is 5.56 Å². The van der Waals surface area contributed by atoms with Gasteiger partial charge in [0, 0.05) is 49.7 Å². The zero-order valence-corrected chi connectivity index (χ0v) is 25.3. The summed E-state index contributed by atoms with van der Waals surface area (Å²) in [6, 6.07) is 55.5. The minimum Gasteiger partial charge on any atom is -0.455 e. The van der Waals surface area contributed by atoms with E-state index in [9.17, 15) is 0 Å². The Morgan fingerprint density at radius 3 is 1.22 bits per heavy atom. The summed E-state index contributed by atoms with van der Waals surface area (Å²) < 4.78 is 12.7. The summed E-state index contributed by atoms with van der Waals surface area (Å²) in [6.07, 6.45) is 0. The molecule has 0 amide bonds. The maximum Gasteiger partial charge on any atom is 0.143 e. The van der Waals surface area contributed by atoms with Crippen LogP contribution < -0.4 is 4.90 Å². The van der Waals surface area contributed by atoms with Crippen LogP contribution in [0.1, 0.15) is 5.56 Å². The fourth-order valence-electron chi connectivity index (χ4n) is 6.67. The van der Waals surface area contributed by atoms with E-state index in [0.29, 0.717) is 0 Å². The second-order valence-corrected chi connectivity index (χ2v) is 11.8. The van der Waals surface area contributed by atoms with Crippen LogP contribution in [0.15, 0.2) is 167 Å². The Hall–Kier alpha value is -6.06. The van der Waals surface area contributed by atoms with E-state index in [0.717, 1.165) is 83.2 Å². The van der Waals surface area contributed by atoms with Crippen molar-refractivity contribution < 1.29 is 8.83 Å². The molecule has 0 N–H and O–H groups in total. The van der Waals surface area contributed by atoms with Crippen LogP contribution >= 0.6 is 0 Å². The van der Waals surface area contributed by atoms with Crippen molar-refractivity contribution in [1.29, 1.82) is 0 Å². The Labute approximate surface area is 266 Å². The number of rotatable bonds is 5. The monoisotopic (exact) mass is 591 g/mol. The smallest absolute Gasteiger partial charge is 0.143 e. The minimum absolute atomic E-state index is 0.909. The Morgan fingerprint density at radius 1 is 0.370 bits per heavy atom. The number of para-hydroxylation sites is 4. The number of aryl methyl sites for hydroxylation is 1. The van der Waals surface area contributed by atoms with Crippen molar-refractivity contribution in [3.63, 3.8) is 0 Å². The molecule has 0 unspecified atom stereocenters. The summed E-state index contributed by atoms with van der Waals surface area (Å²) in [5.74, 6) is 0. The molecule has 2 aromatic heterocycles. The normalized spacial score (nSPS) is 11.6. The average molecular weight is 592 g/mol. The molecule has 3 nitrogen and oxygen atoms in total. The lowest BCUT2D eigenvalue weighted by molar-refractivity contribution is 0.669. The summed E-state index contributed by atoms with van der Waals surface area (Å²) in [7, 11) is 0. The van der Waals surface area contributed by atoms with Crippen molar-refractivity contribution in [2.24, 2.45) is 0 Å². The number of fused-ring (bicyclic) bond motifs is 6. The first-order valence-corrected chi connectivity index (χ1v) is 15.6. The van der Waals surface area contributed by atoms with Gasteiger partial charge < -0.3 is 13.7 Å². The average Bonchev–Trinajstić information content (AvgIpc) is 3.69. The van der Waals surface area contributed by atoms with Gasteiger partial charge in [0.2, 0.25) is 0 Å². The van der Waals surface area contributed by atoms with Gasteiger partial charge in [-0.1, -0.05) is 115 Å². The fraction of sp³-hybridized carbons (Fsp3) is 0.0233. The van der Waals surface area contributed by atoms with Crippen molar-refractivity contribution >= 4 is 60.9 Å². The van der Waals surface area contributed by atoms with Gasteiger partial charge in [-0.3, -0.25) is 0 Å². The van der Waals surface area contributed by atoms with Gasteiger partial charge in [-0.25, -0.2) is 0 Å². The third kappa shape index (κ3) is 4.28. The maximum absolute atomic E-state index is 6.34. The molecule has 0 aliphatic carbocycles. The second-order valence-electron chi connectivity index (χ2n) is 11.8. The molecule has 0 fully saturated rings. The quantitative estimate of drug-likeness (QED) is 0.199. The van der Waals surface area contributed by atoms with Crippen molar-refractivity contribution in [2.75, 3.05) is 4.90 Å². The topological polar surface area (TPSA) is 29.5 Å². The van der Waals surface area contributed by atoms with Gasteiger partial charge in [0.15, 0.2) is 0 Å². The van der Waals surface area contributed by atoms with E-state index < -0.39 is 0 Å². The molecule has 46 heavy (non-hydrogen) atoms. The van der Waals surface area contributed by atoms with E-state index in [1.54, 1.807) is 0 Å². The largest absolute Gasteiger partial charge is 0.455 e. The number of anilines is 3. The van der Waals surface area contributed by atoms with E-state index >= 15 is 0 Å². The molecule has 9 aromatic rings. The third-order valence-corrected chi connectivity index (χ3v) is 8.97. The molecule has 7 aromatic carbocycles. The van der Waals surface area contributed by atoms with Crippen LogP contribution in [0.25, 0.3) is 66.1 Å². The van der Waals surface area contributed by atoms with E-state index in [1.807, 2.05) is 24.3 Å². The second kappa shape index (κ2) is 10.5. The molecule has 0 radical (unpaired) electrons. The highest BCUT2D eigenvalue weighted by molar-refractivity contribution is 6.10. The Kier molecular flexibility index (Phi) is 6.04. The highest BCUT2D eigenvalue weighted by atomic mass is 16.3. The molecule has 2 heterocycles. The SMILES string of the molecule is Cc1ccc(N(c2ccc(-c3cccc4c3oc3ccccc34)cc2)c2ccc(-c3cccc4c3oc3ccccc34)cc2)cc1. The molecule has 0 aliphatic heterocycles. The van der Waals surface area contributed by atoms with Crippen molar-refractivity contribution in [2.45, 2.75) is 6.92 Å². The number of hydrogen-bond donors (Lipinski definition) is 0. The summed E-state index contributed by atoms with van der Waals surface area (Å²) in [6.45, 7) is 2.12. The van der Waals surface area contributed by atoms with Gasteiger partial charge in [0.1, 0.15) is 22.3 Å². The summed E-state index contributed by atoms with van der Waals surface area (Å²) >= 11 is 0. The number of nitrogens with zero attached hydrogens (tertiary/aromatic N) is 1. The lowest BCUT2D eigenvalue weighted by Gasteiger charge is -2.26. The Balaban J connectivity index is 1.11. The van der Waals surface area contributed by atoms with E-state index in [2.05, 4.69) is 145 Å². The standard InChI is InChI=1S/C43H29NO2/c1-28-16-22-31(23-17-28)44(32-24-18-29(19-25-32)34-10-6-12-38-36-8-2-4-14-40(36)45-42(34)38)33-26-20-30(21-27-33)35-11-7-13-39-37-9-3-5-15-41(37)46-43(35)39/h2-27H,1H3. The van der Waals surface area contributed by atoms with Crippen LogP contribution in [-0.2, 0) is 0 Å². The molecule has 0 spiro atoms. The van der Waals surface area contributed by atoms with Crippen molar-refractivity contribution in [1.82, 2.24) is 0 Å². The fourth-order valence-corrected chi connectivity index (χ4v) is 6.67. The molecule has 0 atom stereocenters. The zero-order valence-electron chi connectivity index (χ0n) is 25.3. The number of benzene rings is 7. The molecule has 3 heteroatoms. The van der Waals surface area contributed by atoms with Crippen LogP contribution in [0.4, 0.5) is 17.1 Å². The molecule has 0 saturated carbocycles. The van der Waals surface area contributed by atoms with E-state index in [-0.39, 0.29) is 0 Å². The van der Waals surface area contributed by atoms with Crippen molar-refractivity contribution in [3.8, 4) is 22.3 Å². The Morgan fingerprint density at radius 2 is 0.761 bits per heavy atom. The maximum atomic E-state index is 6.34. The van der Waals surface area contributed by atoms with Crippen LogP contribution in [0.3, 0.4) is 0 Å². The van der Waals surface area contributed by atoms with Crippen LogP contribution in [-0.4, -0.2) is 0 Å². The van der Waals surface area contributed by atoms with Gasteiger partial charge in [-0.05, 0) is 66.6 Å². The highest BCUT2D eigenvalue weighted by Gasteiger charge is 2.17. The first-order chi connectivity index (χ1) is 22.7. The van der Waals surface area contributed by atoms with Gasteiger partial charge in [0.25, 0.3) is 0 Å². The molecule has 0 saturated heterocycles. The molecule has 0 aliphatic rings. The first-order valence-electron chi connectivity index (χ1n) is 15.6. The molecule has 0 bridgehead atoms. The summed E-state index contributed by atoms with van der Waals surface area (Å²) in [5.41, 5.74) is 12.6. The minimum atomic E-state index is 0.909. The van der Waals surface area contributed by atoms with Gasteiger partial charge in [-0.2, -0.15) is 0 Å². The summed E-state index contributed by atoms with van der Waals surface area (Å²) in [4.78, 5) is 2.30. The predicted molar refractivity (Wildman–Crippen MR) is 191 cm³/mol. The lowest BCUT2D eigenvalue weighted by atomic mass is 10.0.